The summed E-state index contributed by atoms with van der Waals surface area (Å²) in [5, 5.41) is 3.85. The van der Waals surface area contributed by atoms with Crippen molar-refractivity contribution in [2.24, 2.45) is 0 Å². The molecule has 112 valence electrons. The van der Waals surface area contributed by atoms with E-state index in [9.17, 15) is 9.59 Å². The topological polar surface area (TPSA) is 89.2 Å². The fraction of sp³-hybridized carbons (Fsp3) is 0.0625. The van der Waals surface area contributed by atoms with Crippen LogP contribution in [0, 0.1) is 0 Å². The molecule has 1 aliphatic heterocycles. The predicted molar refractivity (Wildman–Crippen MR) is 78.2 cm³/mol. The van der Waals surface area contributed by atoms with Gasteiger partial charge < -0.3 is 4.52 Å². The molecular weight excluding hydrogens is 296 g/mol. The SMILES string of the molecule is O=C1c2ccccc2C(=O)N1Cc1nc(-c2cccnc2)no1. The Morgan fingerprint density at radius 3 is 2.39 bits per heavy atom. The van der Waals surface area contributed by atoms with Gasteiger partial charge in [-0.15, -0.1) is 0 Å². The summed E-state index contributed by atoms with van der Waals surface area (Å²) in [6.07, 6.45) is 3.25. The first kappa shape index (κ1) is 13.3. The molecule has 0 saturated carbocycles. The van der Waals surface area contributed by atoms with Crippen molar-refractivity contribution in [2.75, 3.05) is 0 Å². The summed E-state index contributed by atoms with van der Waals surface area (Å²) in [5.74, 6) is -0.151. The van der Waals surface area contributed by atoms with Crippen molar-refractivity contribution in [1.82, 2.24) is 20.0 Å². The van der Waals surface area contributed by atoms with Crippen LogP contribution in [0.15, 0.2) is 53.3 Å². The van der Waals surface area contributed by atoms with Crippen LogP contribution < -0.4 is 0 Å². The predicted octanol–water partition coefficient (Wildman–Crippen LogP) is 1.93. The quantitative estimate of drug-likeness (QED) is 0.687. The van der Waals surface area contributed by atoms with Crippen molar-refractivity contribution in [3.63, 3.8) is 0 Å². The first-order valence-corrected chi connectivity index (χ1v) is 6.92. The molecule has 23 heavy (non-hydrogen) atoms. The minimum Gasteiger partial charge on any atom is -0.337 e. The lowest BCUT2D eigenvalue weighted by Gasteiger charge is -2.09. The van der Waals surface area contributed by atoms with Crippen LogP contribution in [-0.4, -0.2) is 31.8 Å². The number of carbonyl (C=O) groups excluding carboxylic acids is 2. The fourth-order valence-electron chi connectivity index (χ4n) is 2.45. The van der Waals surface area contributed by atoms with E-state index in [0.717, 1.165) is 4.90 Å². The molecular formula is C16H10N4O3. The maximum absolute atomic E-state index is 12.3. The highest BCUT2D eigenvalue weighted by Crippen LogP contribution is 2.24. The lowest BCUT2D eigenvalue weighted by Crippen LogP contribution is -2.29. The van der Waals surface area contributed by atoms with E-state index in [-0.39, 0.29) is 24.2 Å². The molecule has 2 aromatic heterocycles. The van der Waals surface area contributed by atoms with E-state index in [0.29, 0.717) is 22.5 Å². The van der Waals surface area contributed by atoms with Crippen molar-refractivity contribution in [1.29, 1.82) is 0 Å². The molecule has 0 unspecified atom stereocenters. The van der Waals surface area contributed by atoms with Crippen LogP contribution in [0.3, 0.4) is 0 Å². The summed E-state index contributed by atoms with van der Waals surface area (Å²) in [4.78, 5) is 33.9. The summed E-state index contributed by atoms with van der Waals surface area (Å²) < 4.78 is 5.14. The average molecular weight is 306 g/mol. The van der Waals surface area contributed by atoms with E-state index in [1.807, 2.05) is 0 Å². The summed E-state index contributed by atoms with van der Waals surface area (Å²) >= 11 is 0. The molecule has 3 aromatic rings. The molecule has 1 aromatic carbocycles. The molecule has 4 rings (SSSR count). The lowest BCUT2D eigenvalue weighted by molar-refractivity contribution is 0.0625. The summed E-state index contributed by atoms with van der Waals surface area (Å²) in [5.41, 5.74) is 1.49. The van der Waals surface area contributed by atoms with E-state index in [1.165, 1.54) is 0 Å². The van der Waals surface area contributed by atoms with Crippen molar-refractivity contribution in [3.8, 4) is 11.4 Å². The number of carbonyl (C=O) groups is 2. The van der Waals surface area contributed by atoms with Gasteiger partial charge in [-0.2, -0.15) is 4.98 Å². The maximum Gasteiger partial charge on any atom is 0.262 e. The van der Waals surface area contributed by atoms with Gasteiger partial charge in [0.2, 0.25) is 11.7 Å². The highest BCUT2D eigenvalue weighted by Gasteiger charge is 2.36. The van der Waals surface area contributed by atoms with Gasteiger partial charge in [0.25, 0.3) is 11.8 Å². The minimum absolute atomic E-state index is 0.0559. The standard InChI is InChI=1S/C16H10N4O3/c21-15-11-5-1-2-6-12(11)16(22)20(15)9-13-18-14(19-23-13)10-4-3-7-17-8-10/h1-8H,9H2. The molecule has 0 spiro atoms. The van der Waals surface area contributed by atoms with E-state index in [4.69, 9.17) is 4.52 Å². The molecule has 2 amide bonds. The van der Waals surface area contributed by atoms with Crippen molar-refractivity contribution < 1.29 is 14.1 Å². The number of fused-ring (bicyclic) bond motifs is 1. The first-order chi connectivity index (χ1) is 11.2. The number of hydrogen-bond donors (Lipinski definition) is 0. The molecule has 7 heteroatoms. The van der Waals surface area contributed by atoms with Gasteiger partial charge in [-0.3, -0.25) is 19.5 Å². The Labute approximate surface area is 130 Å². The zero-order valence-electron chi connectivity index (χ0n) is 11.8. The molecule has 0 bridgehead atoms. The Bertz CT molecular complexity index is 869. The van der Waals surface area contributed by atoms with E-state index >= 15 is 0 Å². The van der Waals surface area contributed by atoms with Crippen molar-refractivity contribution in [3.05, 3.63) is 65.8 Å². The van der Waals surface area contributed by atoms with E-state index < -0.39 is 0 Å². The van der Waals surface area contributed by atoms with Crippen molar-refractivity contribution in [2.45, 2.75) is 6.54 Å². The summed E-state index contributed by atoms with van der Waals surface area (Å²) in [7, 11) is 0. The maximum atomic E-state index is 12.3. The van der Waals surface area contributed by atoms with Crippen LogP contribution in [0.1, 0.15) is 26.6 Å². The molecule has 1 aliphatic rings. The summed E-state index contributed by atoms with van der Waals surface area (Å²) in [6.45, 7) is -0.0559. The summed E-state index contributed by atoms with van der Waals surface area (Å²) in [6, 6.07) is 10.3. The fourth-order valence-corrected chi connectivity index (χ4v) is 2.45. The highest BCUT2D eigenvalue weighted by atomic mass is 16.5. The zero-order valence-corrected chi connectivity index (χ0v) is 11.8. The minimum atomic E-state index is -0.355. The zero-order chi connectivity index (χ0) is 15.8. The lowest BCUT2D eigenvalue weighted by atomic mass is 10.1. The monoisotopic (exact) mass is 306 g/mol. The van der Waals surface area contributed by atoms with Crippen LogP contribution >= 0.6 is 0 Å². The van der Waals surface area contributed by atoms with Gasteiger partial charge in [-0.1, -0.05) is 17.3 Å². The molecule has 0 saturated heterocycles. The largest absolute Gasteiger partial charge is 0.337 e. The van der Waals surface area contributed by atoms with Gasteiger partial charge in [-0.05, 0) is 24.3 Å². The Morgan fingerprint density at radius 1 is 1.00 bits per heavy atom. The second-order valence-corrected chi connectivity index (χ2v) is 5.00. The van der Waals surface area contributed by atoms with Crippen molar-refractivity contribution >= 4 is 11.8 Å². The average Bonchev–Trinajstić information content (AvgIpc) is 3.16. The van der Waals surface area contributed by atoms with E-state index in [2.05, 4.69) is 15.1 Å². The van der Waals surface area contributed by atoms with Crippen LogP contribution in [0.4, 0.5) is 0 Å². The van der Waals surface area contributed by atoms with Gasteiger partial charge in [0.05, 0.1) is 11.1 Å². The molecule has 0 fully saturated rings. The molecule has 3 heterocycles. The number of pyridine rings is 1. The number of imide groups is 1. The third kappa shape index (κ3) is 2.18. The molecule has 7 nitrogen and oxygen atoms in total. The first-order valence-electron chi connectivity index (χ1n) is 6.92. The second kappa shape index (κ2) is 5.13. The third-order valence-electron chi connectivity index (χ3n) is 3.56. The normalized spacial score (nSPS) is 13.5. The molecule has 0 aliphatic carbocycles. The number of aromatic nitrogens is 3. The number of amides is 2. The Hall–Kier alpha value is -3.35. The number of hydrogen-bond acceptors (Lipinski definition) is 6. The number of rotatable bonds is 3. The van der Waals surface area contributed by atoms with Crippen LogP contribution in [0.2, 0.25) is 0 Å². The Balaban J connectivity index is 1.60. The third-order valence-corrected chi connectivity index (χ3v) is 3.56. The highest BCUT2D eigenvalue weighted by molar-refractivity contribution is 6.21. The number of benzene rings is 1. The van der Waals surface area contributed by atoms with Gasteiger partial charge in [-0.25, -0.2) is 0 Å². The molecule has 0 atom stereocenters. The Morgan fingerprint density at radius 2 is 1.74 bits per heavy atom. The molecule has 0 radical (unpaired) electrons. The number of nitrogens with zero attached hydrogens (tertiary/aromatic N) is 4. The van der Waals surface area contributed by atoms with Gasteiger partial charge >= 0.3 is 0 Å². The second-order valence-electron chi connectivity index (χ2n) is 5.00. The van der Waals surface area contributed by atoms with Gasteiger partial charge in [0, 0.05) is 18.0 Å². The molecule has 0 N–H and O–H groups in total. The van der Waals surface area contributed by atoms with Crippen LogP contribution in [-0.2, 0) is 6.54 Å². The van der Waals surface area contributed by atoms with Gasteiger partial charge in [0.15, 0.2) is 0 Å². The van der Waals surface area contributed by atoms with Crippen LogP contribution in [0.5, 0.6) is 0 Å². The van der Waals surface area contributed by atoms with Gasteiger partial charge in [0.1, 0.15) is 6.54 Å². The van der Waals surface area contributed by atoms with Crippen LogP contribution in [0.25, 0.3) is 11.4 Å². The smallest absolute Gasteiger partial charge is 0.262 e. The van der Waals surface area contributed by atoms with E-state index in [1.54, 1.807) is 48.8 Å². The Kier molecular flexibility index (Phi) is 2.97.